The number of nitrogens with one attached hydrogen (secondary N) is 1. The van der Waals surface area contributed by atoms with Gasteiger partial charge >= 0.3 is 12.1 Å². The Morgan fingerprint density at radius 2 is 2.10 bits per heavy atom. The van der Waals surface area contributed by atoms with E-state index in [-0.39, 0.29) is 5.13 Å². The molecule has 2 rings (SSSR count). The van der Waals surface area contributed by atoms with Crippen LogP contribution in [0, 0.1) is 0 Å². The maximum absolute atomic E-state index is 12.2. The fourth-order valence-corrected chi connectivity index (χ4v) is 2.29. The first-order chi connectivity index (χ1) is 9.91. The summed E-state index contributed by atoms with van der Waals surface area (Å²) in [5.41, 5.74) is 1.10. The molecular formula is C13H11F3N2O2S. The van der Waals surface area contributed by atoms with Crippen LogP contribution >= 0.6 is 11.3 Å². The number of rotatable bonds is 4. The number of aromatic nitrogens is 1. The van der Waals surface area contributed by atoms with Crippen LogP contribution in [0.15, 0.2) is 29.6 Å². The molecule has 1 amide bonds. The van der Waals surface area contributed by atoms with Crippen molar-refractivity contribution in [2.75, 3.05) is 11.9 Å². The SMILES string of the molecule is CCOc1ccccc1-c1csc(NC(=O)C(F)(F)F)n1. The summed E-state index contributed by atoms with van der Waals surface area (Å²) >= 11 is 0.917. The zero-order valence-corrected chi connectivity index (χ0v) is 11.7. The number of para-hydroxylation sites is 1. The maximum atomic E-state index is 12.2. The Labute approximate surface area is 122 Å². The van der Waals surface area contributed by atoms with Gasteiger partial charge in [-0.2, -0.15) is 13.2 Å². The number of nitrogens with zero attached hydrogens (tertiary/aromatic N) is 1. The number of amides is 1. The van der Waals surface area contributed by atoms with Gasteiger partial charge in [-0.25, -0.2) is 4.98 Å². The van der Waals surface area contributed by atoms with Crippen LogP contribution in [0.4, 0.5) is 18.3 Å². The molecule has 0 radical (unpaired) electrons. The minimum absolute atomic E-state index is 0.112. The van der Waals surface area contributed by atoms with Crippen LogP contribution in [-0.2, 0) is 4.79 Å². The molecule has 8 heteroatoms. The number of carbonyl (C=O) groups is 1. The number of ether oxygens (including phenoxy) is 1. The number of carbonyl (C=O) groups excluding carboxylic acids is 1. The minimum atomic E-state index is -4.94. The highest BCUT2D eigenvalue weighted by atomic mass is 32.1. The molecule has 0 spiro atoms. The van der Waals surface area contributed by atoms with Crippen LogP contribution in [0.25, 0.3) is 11.3 Å². The second kappa shape index (κ2) is 6.13. The van der Waals surface area contributed by atoms with Crippen molar-refractivity contribution in [2.45, 2.75) is 13.1 Å². The number of alkyl halides is 3. The molecule has 0 saturated heterocycles. The zero-order chi connectivity index (χ0) is 15.5. The molecular weight excluding hydrogens is 305 g/mol. The predicted octanol–water partition coefficient (Wildman–Crippen LogP) is 3.71. The summed E-state index contributed by atoms with van der Waals surface area (Å²) in [7, 11) is 0. The molecule has 0 aliphatic rings. The topological polar surface area (TPSA) is 51.2 Å². The van der Waals surface area contributed by atoms with E-state index in [9.17, 15) is 18.0 Å². The van der Waals surface area contributed by atoms with E-state index in [1.165, 1.54) is 0 Å². The predicted molar refractivity (Wildman–Crippen MR) is 73.4 cm³/mol. The van der Waals surface area contributed by atoms with Gasteiger partial charge in [0.1, 0.15) is 5.75 Å². The lowest BCUT2D eigenvalue weighted by Gasteiger charge is -2.07. The summed E-state index contributed by atoms with van der Waals surface area (Å²) in [6.45, 7) is 2.28. The average Bonchev–Trinajstić information content (AvgIpc) is 2.87. The highest BCUT2D eigenvalue weighted by Crippen LogP contribution is 2.32. The molecule has 1 heterocycles. The Balaban J connectivity index is 2.23. The van der Waals surface area contributed by atoms with E-state index in [1.54, 1.807) is 35.0 Å². The number of hydrogen-bond donors (Lipinski definition) is 1. The highest BCUT2D eigenvalue weighted by molar-refractivity contribution is 7.14. The van der Waals surface area contributed by atoms with E-state index in [4.69, 9.17) is 4.74 Å². The Kier molecular flexibility index (Phi) is 4.46. The van der Waals surface area contributed by atoms with E-state index in [0.29, 0.717) is 23.6 Å². The number of hydrogen-bond acceptors (Lipinski definition) is 4. The van der Waals surface area contributed by atoms with Gasteiger partial charge in [-0.15, -0.1) is 11.3 Å². The quantitative estimate of drug-likeness (QED) is 0.935. The third-order valence-corrected chi connectivity index (χ3v) is 3.20. The Morgan fingerprint density at radius 1 is 1.38 bits per heavy atom. The summed E-state index contributed by atoms with van der Waals surface area (Å²) in [6.07, 6.45) is -4.94. The van der Waals surface area contributed by atoms with Crippen LogP contribution < -0.4 is 10.1 Å². The number of halogens is 3. The average molecular weight is 316 g/mol. The molecule has 112 valence electrons. The fourth-order valence-electron chi connectivity index (χ4n) is 1.58. The van der Waals surface area contributed by atoms with Crippen LogP contribution in [0.5, 0.6) is 5.75 Å². The Bertz CT molecular complexity index is 640. The van der Waals surface area contributed by atoms with Crippen LogP contribution in [0.3, 0.4) is 0 Å². The van der Waals surface area contributed by atoms with E-state index in [1.807, 2.05) is 6.92 Å². The first-order valence-electron chi connectivity index (χ1n) is 5.97. The molecule has 0 unspecified atom stereocenters. The van der Waals surface area contributed by atoms with Crippen LogP contribution in [0.1, 0.15) is 6.92 Å². The molecule has 0 aliphatic heterocycles. The first kappa shape index (κ1) is 15.3. The van der Waals surface area contributed by atoms with Gasteiger partial charge in [0, 0.05) is 10.9 Å². The van der Waals surface area contributed by atoms with E-state index in [2.05, 4.69) is 4.98 Å². The van der Waals surface area contributed by atoms with Crippen molar-refractivity contribution in [2.24, 2.45) is 0 Å². The van der Waals surface area contributed by atoms with Crippen molar-refractivity contribution in [1.82, 2.24) is 4.98 Å². The molecule has 0 bridgehead atoms. The van der Waals surface area contributed by atoms with Crippen molar-refractivity contribution >= 4 is 22.4 Å². The summed E-state index contributed by atoms with van der Waals surface area (Å²) in [5.74, 6) is -1.46. The lowest BCUT2D eigenvalue weighted by Crippen LogP contribution is -2.29. The number of benzene rings is 1. The second-order valence-electron chi connectivity index (χ2n) is 3.92. The largest absolute Gasteiger partial charge is 0.493 e. The lowest BCUT2D eigenvalue weighted by atomic mass is 10.1. The van der Waals surface area contributed by atoms with Gasteiger partial charge in [-0.3, -0.25) is 10.1 Å². The van der Waals surface area contributed by atoms with E-state index >= 15 is 0 Å². The second-order valence-corrected chi connectivity index (χ2v) is 4.78. The van der Waals surface area contributed by atoms with Gasteiger partial charge in [-0.05, 0) is 19.1 Å². The zero-order valence-electron chi connectivity index (χ0n) is 10.9. The Hall–Kier alpha value is -2.09. The van der Waals surface area contributed by atoms with E-state index in [0.717, 1.165) is 11.3 Å². The minimum Gasteiger partial charge on any atom is -0.493 e. The Morgan fingerprint density at radius 3 is 2.76 bits per heavy atom. The normalized spacial score (nSPS) is 11.2. The highest BCUT2D eigenvalue weighted by Gasteiger charge is 2.39. The van der Waals surface area contributed by atoms with Gasteiger partial charge in [0.15, 0.2) is 5.13 Å². The van der Waals surface area contributed by atoms with Crippen molar-refractivity contribution in [1.29, 1.82) is 0 Å². The van der Waals surface area contributed by atoms with Gasteiger partial charge in [-0.1, -0.05) is 12.1 Å². The smallest absolute Gasteiger partial charge is 0.471 e. The van der Waals surface area contributed by atoms with Crippen molar-refractivity contribution in [3.05, 3.63) is 29.6 Å². The van der Waals surface area contributed by atoms with E-state index < -0.39 is 12.1 Å². The third-order valence-electron chi connectivity index (χ3n) is 2.44. The number of anilines is 1. The van der Waals surface area contributed by atoms with Crippen molar-refractivity contribution in [3.63, 3.8) is 0 Å². The third kappa shape index (κ3) is 3.72. The molecule has 4 nitrogen and oxygen atoms in total. The maximum Gasteiger partial charge on any atom is 0.471 e. The van der Waals surface area contributed by atoms with Crippen LogP contribution in [-0.4, -0.2) is 23.7 Å². The van der Waals surface area contributed by atoms with Gasteiger partial charge in [0.25, 0.3) is 0 Å². The molecule has 0 saturated carbocycles. The lowest BCUT2D eigenvalue weighted by molar-refractivity contribution is -0.167. The molecule has 0 aliphatic carbocycles. The molecule has 1 N–H and O–H groups in total. The van der Waals surface area contributed by atoms with Crippen molar-refractivity contribution in [3.8, 4) is 17.0 Å². The molecule has 0 fully saturated rings. The van der Waals surface area contributed by atoms with Gasteiger partial charge < -0.3 is 4.74 Å². The standard InChI is InChI=1S/C13H11F3N2O2S/c1-2-20-10-6-4-3-5-8(10)9-7-21-12(17-9)18-11(19)13(14,15)16/h3-7H,2H2,1H3,(H,17,18,19). The monoisotopic (exact) mass is 316 g/mol. The molecule has 21 heavy (non-hydrogen) atoms. The summed E-state index contributed by atoms with van der Waals surface area (Å²) in [4.78, 5) is 14.8. The summed E-state index contributed by atoms with van der Waals surface area (Å²) in [6, 6.07) is 7.04. The first-order valence-corrected chi connectivity index (χ1v) is 6.85. The molecule has 2 aromatic rings. The van der Waals surface area contributed by atoms with Gasteiger partial charge in [0.2, 0.25) is 0 Å². The summed E-state index contributed by atoms with van der Waals surface area (Å²) < 4.78 is 42.0. The molecule has 1 aromatic heterocycles. The van der Waals surface area contributed by atoms with Crippen molar-refractivity contribution < 1.29 is 22.7 Å². The van der Waals surface area contributed by atoms with Gasteiger partial charge in [0.05, 0.1) is 12.3 Å². The molecule has 1 aromatic carbocycles. The van der Waals surface area contributed by atoms with Crippen LogP contribution in [0.2, 0.25) is 0 Å². The molecule has 0 atom stereocenters. The fraction of sp³-hybridized carbons (Fsp3) is 0.231. The summed E-state index contributed by atoms with van der Waals surface area (Å²) in [5, 5.41) is 3.17. The number of thiazole rings is 1.